The second-order valence-corrected chi connectivity index (χ2v) is 10.6. The SMILES string of the molecule is CC1(C)C(=O)N(c2ccc(S(=O)(=O)C(F)(F)F)cc2)C(=O)N1Cc1ccnc(N2CCOCC2)c1. The Labute approximate surface area is 200 Å². The van der Waals surface area contributed by atoms with Gasteiger partial charge in [0.1, 0.15) is 11.4 Å². The molecule has 1 aromatic carbocycles. The van der Waals surface area contributed by atoms with E-state index in [-0.39, 0.29) is 12.2 Å². The number of aromatic nitrogens is 1. The quantitative estimate of drug-likeness (QED) is 0.568. The fourth-order valence-electron chi connectivity index (χ4n) is 3.94. The number of imide groups is 1. The fourth-order valence-corrected chi connectivity index (χ4v) is 4.71. The maximum atomic E-state index is 13.3. The molecule has 0 aliphatic carbocycles. The van der Waals surface area contributed by atoms with Crippen LogP contribution in [0, 0.1) is 0 Å². The molecule has 1 aromatic heterocycles. The number of urea groups is 1. The number of anilines is 2. The van der Waals surface area contributed by atoms with Crippen LogP contribution < -0.4 is 9.80 Å². The lowest BCUT2D eigenvalue weighted by atomic mass is 10.0. The number of benzene rings is 1. The van der Waals surface area contributed by atoms with Gasteiger partial charge in [-0.2, -0.15) is 13.2 Å². The Morgan fingerprint density at radius 1 is 1.06 bits per heavy atom. The highest BCUT2D eigenvalue weighted by molar-refractivity contribution is 7.92. The number of rotatable bonds is 5. The lowest BCUT2D eigenvalue weighted by Gasteiger charge is -2.30. The largest absolute Gasteiger partial charge is 0.501 e. The van der Waals surface area contributed by atoms with Crippen molar-refractivity contribution in [2.24, 2.45) is 0 Å². The second-order valence-electron chi connectivity index (χ2n) is 8.63. The van der Waals surface area contributed by atoms with Gasteiger partial charge in [0, 0.05) is 25.8 Å². The summed E-state index contributed by atoms with van der Waals surface area (Å²) in [5.41, 5.74) is -6.00. The highest BCUT2D eigenvalue weighted by Gasteiger charge is 2.52. The zero-order valence-electron chi connectivity index (χ0n) is 18.9. The molecule has 4 rings (SSSR count). The maximum absolute atomic E-state index is 13.3. The molecule has 0 saturated carbocycles. The van der Waals surface area contributed by atoms with E-state index in [9.17, 15) is 31.2 Å². The monoisotopic (exact) mass is 512 g/mol. The highest BCUT2D eigenvalue weighted by atomic mass is 32.2. The van der Waals surface area contributed by atoms with Crippen LogP contribution in [0.4, 0.5) is 29.5 Å². The van der Waals surface area contributed by atoms with Crippen LogP contribution in [0.5, 0.6) is 0 Å². The van der Waals surface area contributed by atoms with Gasteiger partial charge in [-0.05, 0) is 55.8 Å². The van der Waals surface area contributed by atoms with E-state index in [1.807, 2.05) is 6.07 Å². The van der Waals surface area contributed by atoms with E-state index in [0.29, 0.717) is 26.3 Å². The van der Waals surface area contributed by atoms with Crippen LogP contribution >= 0.6 is 0 Å². The molecule has 0 bridgehead atoms. The minimum absolute atomic E-state index is 0.0274. The van der Waals surface area contributed by atoms with Crippen LogP contribution in [0.25, 0.3) is 0 Å². The van der Waals surface area contributed by atoms with Crippen LogP contribution in [0.1, 0.15) is 19.4 Å². The van der Waals surface area contributed by atoms with Crippen molar-refractivity contribution in [2.75, 3.05) is 36.1 Å². The molecule has 0 unspecified atom stereocenters. The van der Waals surface area contributed by atoms with Crippen molar-refractivity contribution in [3.63, 3.8) is 0 Å². The minimum atomic E-state index is -5.55. The van der Waals surface area contributed by atoms with Gasteiger partial charge in [0.25, 0.3) is 15.7 Å². The molecule has 13 heteroatoms. The molecule has 35 heavy (non-hydrogen) atoms. The number of ether oxygens (including phenoxy) is 1. The van der Waals surface area contributed by atoms with E-state index in [1.165, 1.54) is 4.90 Å². The van der Waals surface area contributed by atoms with Gasteiger partial charge in [-0.25, -0.2) is 23.1 Å². The van der Waals surface area contributed by atoms with Crippen LogP contribution in [-0.2, 0) is 25.9 Å². The molecule has 9 nitrogen and oxygen atoms in total. The number of hydrogen-bond acceptors (Lipinski definition) is 7. The number of halogens is 3. The zero-order chi connectivity index (χ0) is 25.6. The summed E-state index contributed by atoms with van der Waals surface area (Å²) in [6, 6.07) is 6.37. The van der Waals surface area contributed by atoms with Gasteiger partial charge in [-0.3, -0.25) is 4.79 Å². The van der Waals surface area contributed by atoms with E-state index in [1.54, 1.807) is 26.1 Å². The number of morpholine rings is 1. The van der Waals surface area contributed by atoms with E-state index < -0.39 is 37.7 Å². The van der Waals surface area contributed by atoms with E-state index in [0.717, 1.165) is 40.5 Å². The third kappa shape index (κ3) is 4.45. The molecule has 2 fully saturated rings. The van der Waals surface area contributed by atoms with Crippen molar-refractivity contribution < 1.29 is 35.9 Å². The normalized spacial score (nSPS) is 18.9. The first-order valence-electron chi connectivity index (χ1n) is 10.7. The molecule has 0 N–H and O–H groups in total. The highest BCUT2D eigenvalue weighted by Crippen LogP contribution is 2.35. The molecular weight excluding hydrogens is 489 g/mol. The molecule has 2 aromatic rings. The summed E-state index contributed by atoms with van der Waals surface area (Å²) in [5, 5.41) is 0. The number of sulfone groups is 1. The standard InChI is InChI=1S/C22H23F3N4O5S/c1-21(2)19(30)29(16-3-5-17(6-4-16)35(32,33)22(23,24)25)20(31)28(21)14-15-7-8-26-18(13-15)27-9-11-34-12-10-27/h3-8,13H,9-12,14H2,1-2H3. The summed E-state index contributed by atoms with van der Waals surface area (Å²) < 4.78 is 67.1. The van der Waals surface area contributed by atoms with Gasteiger partial charge < -0.3 is 14.5 Å². The zero-order valence-corrected chi connectivity index (χ0v) is 19.8. The number of amides is 3. The Morgan fingerprint density at radius 2 is 1.69 bits per heavy atom. The average molecular weight is 513 g/mol. The fraction of sp³-hybridized carbons (Fsp3) is 0.409. The number of alkyl halides is 3. The molecule has 2 aliphatic rings. The molecule has 2 aliphatic heterocycles. The summed E-state index contributed by atoms with van der Waals surface area (Å²) in [4.78, 5) is 34.0. The Bertz CT molecular complexity index is 1240. The number of carbonyl (C=O) groups excluding carboxylic acids is 2. The van der Waals surface area contributed by atoms with Crippen molar-refractivity contribution in [2.45, 2.75) is 36.3 Å². The first-order chi connectivity index (χ1) is 16.3. The van der Waals surface area contributed by atoms with Gasteiger partial charge in [-0.1, -0.05) is 0 Å². The Morgan fingerprint density at radius 3 is 2.29 bits per heavy atom. The van der Waals surface area contributed by atoms with Gasteiger partial charge >= 0.3 is 11.5 Å². The van der Waals surface area contributed by atoms with Crippen LogP contribution in [0.2, 0.25) is 0 Å². The van der Waals surface area contributed by atoms with Crippen LogP contribution in [0.15, 0.2) is 47.5 Å². The maximum Gasteiger partial charge on any atom is 0.501 e. The molecule has 3 amide bonds. The first-order valence-corrected chi connectivity index (χ1v) is 12.2. The minimum Gasteiger partial charge on any atom is -0.378 e. The molecule has 0 atom stereocenters. The molecular formula is C22H23F3N4O5S. The Balaban J connectivity index is 1.58. The van der Waals surface area contributed by atoms with Crippen LogP contribution in [0.3, 0.4) is 0 Å². The molecule has 0 spiro atoms. The Hall–Kier alpha value is -3.19. The molecule has 3 heterocycles. The Kier molecular flexibility index (Phi) is 6.26. The van der Waals surface area contributed by atoms with Gasteiger partial charge in [0.2, 0.25) is 0 Å². The summed E-state index contributed by atoms with van der Waals surface area (Å²) in [6.45, 7) is 5.74. The summed E-state index contributed by atoms with van der Waals surface area (Å²) >= 11 is 0. The number of nitrogens with zero attached hydrogens (tertiary/aromatic N) is 4. The van der Waals surface area contributed by atoms with Crippen molar-refractivity contribution in [3.8, 4) is 0 Å². The summed E-state index contributed by atoms with van der Waals surface area (Å²) in [7, 11) is -5.55. The lowest BCUT2D eigenvalue weighted by molar-refractivity contribution is -0.123. The second kappa shape index (κ2) is 8.79. The lowest BCUT2D eigenvalue weighted by Crippen LogP contribution is -2.43. The predicted octanol–water partition coefficient (Wildman–Crippen LogP) is 2.96. The average Bonchev–Trinajstić information content (AvgIpc) is 2.98. The smallest absolute Gasteiger partial charge is 0.378 e. The molecule has 188 valence electrons. The first kappa shape index (κ1) is 24.9. The number of carbonyl (C=O) groups is 2. The van der Waals surface area contributed by atoms with Crippen LogP contribution in [-0.4, -0.2) is 67.6 Å². The molecule has 2 saturated heterocycles. The van der Waals surface area contributed by atoms with Crippen molar-refractivity contribution in [3.05, 3.63) is 48.2 Å². The summed E-state index contributed by atoms with van der Waals surface area (Å²) in [6.07, 6.45) is 1.62. The van der Waals surface area contributed by atoms with Crippen molar-refractivity contribution in [1.82, 2.24) is 9.88 Å². The topological polar surface area (TPSA) is 100 Å². The third-order valence-corrected chi connectivity index (χ3v) is 7.52. The number of pyridine rings is 1. The summed E-state index contributed by atoms with van der Waals surface area (Å²) in [5.74, 6) is 0.135. The van der Waals surface area contributed by atoms with Crippen molar-refractivity contribution >= 4 is 33.3 Å². The number of hydrogen-bond donors (Lipinski definition) is 0. The van der Waals surface area contributed by atoms with Gasteiger partial charge in [-0.15, -0.1) is 0 Å². The van der Waals surface area contributed by atoms with E-state index in [4.69, 9.17) is 4.74 Å². The molecule has 0 radical (unpaired) electrons. The van der Waals surface area contributed by atoms with Gasteiger partial charge in [0.15, 0.2) is 0 Å². The van der Waals surface area contributed by atoms with Gasteiger partial charge in [0.05, 0.1) is 23.8 Å². The van der Waals surface area contributed by atoms with Crippen molar-refractivity contribution in [1.29, 1.82) is 0 Å². The third-order valence-electron chi connectivity index (χ3n) is 6.02. The predicted molar refractivity (Wildman–Crippen MR) is 119 cm³/mol. The van der Waals surface area contributed by atoms with E-state index >= 15 is 0 Å². The van der Waals surface area contributed by atoms with E-state index in [2.05, 4.69) is 9.88 Å².